The lowest BCUT2D eigenvalue weighted by atomic mass is 9.98. The van der Waals surface area contributed by atoms with Crippen molar-refractivity contribution in [2.45, 2.75) is 302 Å². The molecule has 442 valence electrons. The number of unbranched alkanes of at least 4 members (excludes halogenated alkanes) is 26. The van der Waals surface area contributed by atoms with Gasteiger partial charge in [-0.05, 0) is 89.9 Å². The van der Waals surface area contributed by atoms with Crippen molar-refractivity contribution in [1.29, 1.82) is 0 Å². The Balaban J connectivity index is 2.70. The molecule has 6 unspecified atom stereocenters. The molecule has 0 saturated carbocycles. The lowest BCUT2D eigenvalue weighted by Crippen LogP contribution is -2.61. The van der Waals surface area contributed by atoms with E-state index in [4.69, 9.17) is 23.7 Å². The van der Waals surface area contributed by atoms with Crippen LogP contribution >= 0.6 is 0 Å². The van der Waals surface area contributed by atoms with Crippen LogP contribution in [0.2, 0.25) is 0 Å². The van der Waals surface area contributed by atoms with Crippen molar-refractivity contribution in [1.82, 2.24) is 0 Å². The minimum absolute atomic E-state index is 0.0576. The zero-order chi connectivity index (χ0) is 56.1. The summed E-state index contributed by atoms with van der Waals surface area (Å²) >= 11 is 0. The summed E-state index contributed by atoms with van der Waals surface area (Å²) in [5.41, 5.74) is 0. The number of carbonyl (C=O) groups excluding carboxylic acids is 3. The Bertz CT molecular complexity index is 1620. The Morgan fingerprint density at radius 2 is 0.818 bits per heavy atom. The molecule has 0 aromatic rings. The van der Waals surface area contributed by atoms with E-state index in [2.05, 4.69) is 93.7 Å². The zero-order valence-corrected chi connectivity index (χ0v) is 48.7. The van der Waals surface area contributed by atoms with Gasteiger partial charge in [0.2, 0.25) is 0 Å². The number of hydrogen-bond acceptors (Lipinski definition) is 11. The first-order valence-electron chi connectivity index (χ1n) is 30.9. The second kappa shape index (κ2) is 52.8. The number of hydrogen-bond donors (Lipinski definition) is 3. The van der Waals surface area contributed by atoms with E-state index in [1.807, 2.05) is 0 Å². The molecule has 12 heteroatoms. The number of carbonyl (C=O) groups is 4. The third kappa shape index (κ3) is 42.7. The van der Waals surface area contributed by atoms with Crippen LogP contribution in [0.5, 0.6) is 0 Å². The first kappa shape index (κ1) is 71.2. The normalized spacial score (nSPS) is 18.5. The lowest BCUT2D eigenvalue weighted by molar-refractivity contribution is -0.301. The number of aliphatic hydroxyl groups excluding tert-OH is 2. The van der Waals surface area contributed by atoms with Gasteiger partial charge in [-0.25, -0.2) is 4.79 Å². The maximum Gasteiger partial charge on any atom is 0.335 e. The van der Waals surface area contributed by atoms with Crippen molar-refractivity contribution in [3.8, 4) is 0 Å². The molecule has 0 amide bonds. The van der Waals surface area contributed by atoms with Crippen molar-refractivity contribution in [2.75, 3.05) is 13.2 Å². The van der Waals surface area contributed by atoms with Crippen LogP contribution in [0.25, 0.3) is 0 Å². The van der Waals surface area contributed by atoms with Crippen LogP contribution in [0.3, 0.4) is 0 Å². The average molecular weight is 1080 g/mol. The summed E-state index contributed by atoms with van der Waals surface area (Å²) in [4.78, 5) is 51.2. The first-order chi connectivity index (χ1) is 37.6. The van der Waals surface area contributed by atoms with E-state index < -0.39 is 67.3 Å². The number of carboxylic acid groups (broad SMARTS) is 1. The Morgan fingerprint density at radius 1 is 0.442 bits per heavy atom. The smallest absolute Gasteiger partial charge is 0.335 e. The van der Waals surface area contributed by atoms with Gasteiger partial charge < -0.3 is 39.0 Å². The summed E-state index contributed by atoms with van der Waals surface area (Å²) in [5, 5.41) is 31.5. The molecule has 6 atom stereocenters. The second-order valence-electron chi connectivity index (χ2n) is 21.0. The summed E-state index contributed by atoms with van der Waals surface area (Å²) in [6.45, 7) is 5.85. The van der Waals surface area contributed by atoms with Crippen LogP contribution in [0.4, 0.5) is 0 Å². The van der Waals surface area contributed by atoms with Gasteiger partial charge in [-0.1, -0.05) is 229 Å². The predicted molar refractivity (Wildman–Crippen MR) is 312 cm³/mol. The van der Waals surface area contributed by atoms with Crippen molar-refractivity contribution >= 4 is 23.9 Å². The summed E-state index contributed by atoms with van der Waals surface area (Å²) in [5.74, 6) is -3.16. The number of aliphatic hydroxyl groups is 2. The van der Waals surface area contributed by atoms with Gasteiger partial charge in [-0.15, -0.1) is 0 Å². The number of esters is 3. The Morgan fingerprint density at radius 3 is 1.27 bits per heavy atom. The Labute approximate surface area is 468 Å². The highest BCUT2D eigenvalue weighted by molar-refractivity contribution is 5.74. The quantitative estimate of drug-likeness (QED) is 0.0228. The number of carboxylic acids is 1. The van der Waals surface area contributed by atoms with Crippen LogP contribution in [0, 0.1) is 0 Å². The SMILES string of the molecule is CC/C=C\C/C=C\C/C=C\C/C=C\C/C=C\CCCCCC(=O)OCC(COC1OC(C(=O)O)C(O)C(O)C1OC(=O)CCCCCCCCCCCCCCC)OC(=O)CCCCCCC/C=C\CCCCCCCC. The summed E-state index contributed by atoms with van der Waals surface area (Å²) in [6, 6.07) is 0. The summed E-state index contributed by atoms with van der Waals surface area (Å²) in [7, 11) is 0. The van der Waals surface area contributed by atoms with E-state index in [0.29, 0.717) is 19.3 Å². The second-order valence-corrected chi connectivity index (χ2v) is 21.0. The maximum absolute atomic E-state index is 13.2. The van der Waals surface area contributed by atoms with Crippen molar-refractivity contribution in [2.24, 2.45) is 0 Å². The number of ether oxygens (including phenoxy) is 5. The molecular formula is C65H110O12. The number of rotatable bonds is 52. The highest BCUT2D eigenvalue weighted by Crippen LogP contribution is 2.26. The van der Waals surface area contributed by atoms with Gasteiger partial charge in [0, 0.05) is 19.3 Å². The molecule has 3 N–H and O–H groups in total. The van der Waals surface area contributed by atoms with Gasteiger partial charge in [0.25, 0.3) is 0 Å². The van der Waals surface area contributed by atoms with E-state index in [0.717, 1.165) is 116 Å². The van der Waals surface area contributed by atoms with Gasteiger partial charge in [0.05, 0.1) is 6.61 Å². The average Bonchev–Trinajstić information content (AvgIpc) is 3.42. The molecule has 0 spiro atoms. The van der Waals surface area contributed by atoms with Gasteiger partial charge in [0.1, 0.15) is 18.8 Å². The number of aliphatic carboxylic acids is 1. The molecule has 1 fully saturated rings. The minimum Gasteiger partial charge on any atom is -0.479 e. The van der Waals surface area contributed by atoms with Crippen LogP contribution in [-0.2, 0) is 42.9 Å². The van der Waals surface area contributed by atoms with E-state index >= 15 is 0 Å². The Hall–Kier alpha value is -3.84. The molecule has 1 saturated heterocycles. The fourth-order valence-corrected chi connectivity index (χ4v) is 9.04. The third-order valence-corrected chi connectivity index (χ3v) is 13.8. The largest absolute Gasteiger partial charge is 0.479 e. The monoisotopic (exact) mass is 1080 g/mol. The molecule has 0 aliphatic carbocycles. The fourth-order valence-electron chi connectivity index (χ4n) is 9.04. The van der Waals surface area contributed by atoms with Gasteiger partial charge in [-0.2, -0.15) is 0 Å². The molecule has 12 nitrogen and oxygen atoms in total. The highest BCUT2D eigenvalue weighted by Gasteiger charge is 2.50. The summed E-state index contributed by atoms with van der Waals surface area (Å²) < 4.78 is 28.4. The van der Waals surface area contributed by atoms with Crippen LogP contribution in [0.1, 0.15) is 265 Å². The minimum atomic E-state index is -1.91. The van der Waals surface area contributed by atoms with Crippen molar-refractivity contribution < 1.29 is 58.2 Å². The molecule has 1 aliphatic rings. The molecular weight excluding hydrogens is 973 g/mol. The van der Waals surface area contributed by atoms with Gasteiger partial charge in [0.15, 0.2) is 24.6 Å². The van der Waals surface area contributed by atoms with Gasteiger partial charge in [-0.3, -0.25) is 14.4 Å². The fraction of sp³-hybridized carbons (Fsp3) is 0.754. The number of allylic oxidation sites excluding steroid dienone is 12. The molecule has 0 bridgehead atoms. The third-order valence-electron chi connectivity index (χ3n) is 13.8. The van der Waals surface area contributed by atoms with Gasteiger partial charge >= 0.3 is 23.9 Å². The van der Waals surface area contributed by atoms with Crippen LogP contribution in [0.15, 0.2) is 72.9 Å². The molecule has 0 radical (unpaired) electrons. The van der Waals surface area contributed by atoms with Crippen molar-refractivity contribution in [3.63, 3.8) is 0 Å². The van der Waals surface area contributed by atoms with E-state index in [1.54, 1.807) is 0 Å². The molecule has 1 rings (SSSR count). The molecule has 1 heterocycles. The highest BCUT2D eigenvalue weighted by atomic mass is 16.7. The molecule has 1 aliphatic heterocycles. The Kier molecular flexibility index (Phi) is 48.8. The topological polar surface area (TPSA) is 175 Å². The summed E-state index contributed by atoms with van der Waals surface area (Å²) in [6.07, 6.45) is 54.4. The standard InChI is InChI=1S/C65H110O12/c1-4-7-10-13-16-19-22-25-27-28-29-30-32-34-36-39-42-45-48-51-57(66)73-54-56(75-58(67)52-49-46-43-40-38-35-31-26-23-20-17-14-11-8-5-2)55-74-65-63(61(70)60(69)62(77-65)64(71)72)76-59(68)53-50-47-44-41-37-33-24-21-18-15-12-9-6-3/h7,10,16,19,25-27,29-31,34,36,56,60-63,65,69-70H,4-6,8-9,11-15,17-18,20-24,28,32-33,35,37-55H2,1-3H3,(H,71,72)/b10-7-,19-16-,27-25-,30-29-,31-26-,36-34-. The van der Waals surface area contributed by atoms with Crippen LogP contribution in [-0.4, -0.2) is 89.2 Å². The maximum atomic E-state index is 13.2. The molecule has 77 heavy (non-hydrogen) atoms. The predicted octanol–water partition coefficient (Wildman–Crippen LogP) is 16.1. The van der Waals surface area contributed by atoms with Crippen LogP contribution < -0.4 is 0 Å². The van der Waals surface area contributed by atoms with E-state index in [-0.39, 0.29) is 25.9 Å². The zero-order valence-electron chi connectivity index (χ0n) is 48.7. The van der Waals surface area contributed by atoms with E-state index in [1.165, 1.54) is 89.9 Å². The molecule has 0 aromatic carbocycles. The molecule has 0 aromatic heterocycles. The van der Waals surface area contributed by atoms with E-state index in [9.17, 15) is 34.5 Å². The first-order valence-corrected chi connectivity index (χ1v) is 30.9. The lowest BCUT2D eigenvalue weighted by Gasteiger charge is -2.40. The van der Waals surface area contributed by atoms with Crippen molar-refractivity contribution in [3.05, 3.63) is 72.9 Å².